The molecule has 1 aromatic rings. The second kappa shape index (κ2) is 6.30. The molecule has 0 bridgehead atoms. The Morgan fingerprint density at radius 1 is 1.43 bits per heavy atom. The highest BCUT2D eigenvalue weighted by Crippen LogP contribution is 2.39. The van der Waals surface area contributed by atoms with Crippen LogP contribution in [-0.4, -0.2) is 43.1 Å². The molecule has 0 spiro atoms. The lowest BCUT2D eigenvalue weighted by Crippen LogP contribution is -2.32. The molecule has 2 aliphatic heterocycles. The van der Waals surface area contributed by atoms with Crippen LogP contribution in [0.1, 0.15) is 5.56 Å². The van der Waals surface area contributed by atoms with Gasteiger partial charge in [0.05, 0.1) is 17.8 Å². The number of nitrogens with one attached hydrogen (secondary N) is 1. The summed E-state index contributed by atoms with van der Waals surface area (Å²) in [6, 6.07) is 5.78. The van der Waals surface area contributed by atoms with Crippen LogP contribution in [0.5, 0.6) is 0 Å². The first kappa shape index (κ1) is 14.8. The molecule has 1 aromatic carbocycles. The number of rotatable bonds is 2. The van der Waals surface area contributed by atoms with Crippen LogP contribution in [0, 0.1) is 0 Å². The van der Waals surface area contributed by atoms with Gasteiger partial charge in [0.25, 0.3) is 0 Å². The number of benzene rings is 1. The van der Waals surface area contributed by atoms with Gasteiger partial charge in [-0.05, 0) is 18.2 Å². The van der Waals surface area contributed by atoms with Gasteiger partial charge in [0.2, 0.25) is 5.96 Å². The molecular formula is C14H14Cl2N4S. The maximum absolute atomic E-state index is 6.48. The number of hydrazone groups is 1. The molecule has 3 rings (SSSR count). The van der Waals surface area contributed by atoms with E-state index in [-0.39, 0.29) is 0 Å². The van der Waals surface area contributed by atoms with Crippen molar-refractivity contribution in [3.63, 3.8) is 0 Å². The van der Waals surface area contributed by atoms with Crippen LogP contribution < -0.4 is 5.32 Å². The van der Waals surface area contributed by atoms with E-state index in [1.807, 2.05) is 25.2 Å². The van der Waals surface area contributed by atoms with Crippen molar-refractivity contribution in [2.75, 3.05) is 25.9 Å². The standard InChI is InChI=1S/C14H14Cl2N4S/c1-20(14-17-4-5-18-14)19-7-9-8-21-12-3-2-10(15)6-11(12)13(9)16/h2-3,6-7H,4-5,8H2,1H3,(H,17,18). The fourth-order valence-electron chi connectivity index (χ4n) is 2.10. The van der Waals surface area contributed by atoms with Gasteiger partial charge in [-0.3, -0.25) is 0 Å². The lowest BCUT2D eigenvalue weighted by atomic mass is 10.1. The Morgan fingerprint density at radius 3 is 3.05 bits per heavy atom. The van der Waals surface area contributed by atoms with E-state index in [4.69, 9.17) is 23.2 Å². The minimum absolute atomic E-state index is 0.687. The summed E-state index contributed by atoms with van der Waals surface area (Å²) in [6.45, 7) is 1.65. The maximum Gasteiger partial charge on any atom is 0.214 e. The van der Waals surface area contributed by atoms with Gasteiger partial charge in [-0.1, -0.05) is 23.2 Å². The molecule has 0 saturated carbocycles. The summed E-state index contributed by atoms with van der Waals surface area (Å²) in [5.41, 5.74) is 1.96. The fourth-order valence-corrected chi connectivity index (χ4v) is 3.69. The molecule has 1 N–H and O–H groups in total. The molecular weight excluding hydrogens is 327 g/mol. The number of aliphatic imine (C=N–C) groups is 1. The van der Waals surface area contributed by atoms with Gasteiger partial charge in [0, 0.05) is 40.4 Å². The smallest absolute Gasteiger partial charge is 0.214 e. The van der Waals surface area contributed by atoms with E-state index >= 15 is 0 Å². The van der Waals surface area contributed by atoms with Crippen molar-refractivity contribution in [1.82, 2.24) is 10.3 Å². The number of guanidine groups is 1. The molecule has 4 nitrogen and oxygen atoms in total. The Kier molecular flexibility index (Phi) is 4.42. The van der Waals surface area contributed by atoms with Crippen LogP contribution in [0.3, 0.4) is 0 Å². The van der Waals surface area contributed by atoms with Gasteiger partial charge in [0.15, 0.2) is 0 Å². The molecule has 0 fully saturated rings. The van der Waals surface area contributed by atoms with Gasteiger partial charge in [0.1, 0.15) is 0 Å². The predicted octanol–water partition coefficient (Wildman–Crippen LogP) is 3.27. The van der Waals surface area contributed by atoms with Crippen molar-refractivity contribution in [1.29, 1.82) is 0 Å². The van der Waals surface area contributed by atoms with E-state index in [0.29, 0.717) is 10.1 Å². The molecule has 0 aliphatic carbocycles. The zero-order chi connectivity index (χ0) is 14.8. The molecule has 2 aliphatic rings. The third kappa shape index (κ3) is 3.20. The molecule has 0 atom stereocenters. The Bertz CT molecular complexity index is 654. The normalized spacial score (nSPS) is 17.8. The van der Waals surface area contributed by atoms with Gasteiger partial charge < -0.3 is 5.32 Å². The molecule has 0 saturated heterocycles. The molecule has 0 amide bonds. The highest BCUT2D eigenvalue weighted by Gasteiger charge is 2.18. The van der Waals surface area contributed by atoms with Crippen LogP contribution in [-0.2, 0) is 0 Å². The van der Waals surface area contributed by atoms with E-state index in [1.54, 1.807) is 23.0 Å². The first-order chi connectivity index (χ1) is 10.1. The molecule has 0 radical (unpaired) electrons. The summed E-state index contributed by atoms with van der Waals surface area (Å²) in [5.74, 6) is 1.58. The van der Waals surface area contributed by atoms with Gasteiger partial charge in [-0.2, -0.15) is 5.10 Å². The van der Waals surface area contributed by atoms with E-state index in [9.17, 15) is 0 Å². The third-order valence-electron chi connectivity index (χ3n) is 3.19. The van der Waals surface area contributed by atoms with Crippen molar-refractivity contribution in [2.24, 2.45) is 10.1 Å². The Labute approximate surface area is 137 Å². The maximum atomic E-state index is 6.48. The largest absolute Gasteiger partial charge is 0.353 e. The Balaban J connectivity index is 1.83. The van der Waals surface area contributed by atoms with Gasteiger partial charge >= 0.3 is 0 Å². The van der Waals surface area contributed by atoms with Gasteiger partial charge in [-0.25, -0.2) is 10.0 Å². The molecule has 21 heavy (non-hydrogen) atoms. The average molecular weight is 341 g/mol. The fraction of sp³-hybridized carbons (Fsp3) is 0.286. The van der Waals surface area contributed by atoms with E-state index in [2.05, 4.69) is 15.4 Å². The van der Waals surface area contributed by atoms with Crippen molar-refractivity contribution < 1.29 is 0 Å². The molecule has 7 heteroatoms. The topological polar surface area (TPSA) is 40.0 Å². The number of thioether (sulfide) groups is 1. The van der Waals surface area contributed by atoms with Crippen LogP contribution in [0.25, 0.3) is 5.03 Å². The summed E-state index contributed by atoms with van der Waals surface area (Å²) in [5, 5.41) is 10.7. The summed E-state index contributed by atoms with van der Waals surface area (Å²) in [7, 11) is 1.86. The summed E-state index contributed by atoms with van der Waals surface area (Å²) < 4.78 is 0. The third-order valence-corrected chi connectivity index (χ3v) is 5.00. The minimum Gasteiger partial charge on any atom is -0.353 e. The number of halogens is 2. The van der Waals surface area contributed by atoms with Crippen LogP contribution >= 0.6 is 35.0 Å². The van der Waals surface area contributed by atoms with E-state index in [1.165, 1.54) is 0 Å². The summed E-state index contributed by atoms with van der Waals surface area (Å²) in [4.78, 5) is 5.46. The zero-order valence-corrected chi connectivity index (χ0v) is 13.8. The quantitative estimate of drug-likeness (QED) is 0.663. The highest BCUT2D eigenvalue weighted by atomic mass is 35.5. The average Bonchev–Trinajstić information content (AvgIpc) is 3.01. The zero-order valence-electron chi connectivity index (χ0n) is 11.4. The van der Waals surface area contributed by atoms with Crippen LogP contribution in [0.15, 0.2) is 38.8 Å². The molecule has 2 heterocycles. The Hall–Kier alpha value is -1.17. The van der Waals surface area contributed by atoms with Crippen LogP contribution in [0.4, 0.5) is 0 Å². The monoisotopic (exact) mass is 340 g/mol. The summed E-state index contributed by atoms with van der Waals surface area (Å²) >= 11 is 14.3. The second-order valence-corrected chi connectivity index (χ2v) is 6.50. The minimum atomic E-state index is 0.687. The first-order valence-corrected chi connectivity index (χ1v) is 8.26. The number of hydrogen-bond acceptors (Lipinski definition) is 5. The van der Waals surface area contributed by atoms with E-state index < -0.39 is 0 Å². The van der Waals surface area contributed by atoms with Crippen LogP contribution in [0.2, 0.25) is 5.02 Å². The lowest BCUT2D eigenvalue weighted by molar-refractivity contribution is 0.530. The predicted molar refractivity (Wildman–Crippen MR) is 91.5 cm³/mol. The molecule has 110 valence electrons. The molecule has 0 aromatic heterocycles. The lowest BCUT2D eigenvalue weighted by Gasteiger charge is -2.18. The second-order valence-electron chi connectivity index (χ2n) is 4.67. The van der Waals surface area contributed by atoms with Gasteiger partial charge in [-0.15, -0.1) is 11.8 Å². The number of hydrogen-bond donors (Lipinski definition) is 1. The first-order valence-electron chi connectivity index (χ1n) is 6.52. The van der Waals surface area contributed by atoms with E-state index in [0.717, 1.165) is 40.8 Å². The number of fused-ring (bicyclic) bond motifs is 1. The summed E-state index contributed by atoms with van der Waals surface area (Å²) in [6.07, 6.45) is 1.79. The SMILES string of the molecule is CN(N=CC1=C(Cl)c2cc(Cl)ccc2SC1)C1=NCCN1. The van der Waals surface area contributed by atoms with Crippen molar-refractivity contribution in [3.05, 3.63) is 34.4 Å². The molecule has 0 unspecified atom stereocenters. The number of nitrogens with zero attached hydrogens (tertiary/aromatic N) is 3. The Morgan fingerprint density at radius 2 is 2.29 bits per heavy atom. The van der Waals surface area contributed by atoms with Crippen molar-refractivity contribution in [2.45, 2.75) is 4.90 Å². The highest BCUT2D eigenvalue weighted by molar-refractivity contribution is 7.99. The van der Waals surface area contributed by atoms with Crippen molar-refractivity contribution in [3.8, 4) is 0 Å². The van der Waals surface area contributed by atoms with Crippen molar-refractivity contribution >= 4 is 52.2 Å².